The topological polar surface area (TPSA) is 9.23 Å². The monoisotopic (exact) mass is 526 g/mol. The third-order valence-electron chi connectivity index (χ3n) is 6.07. The Morgan fingerprint density at radius 1 is 0.632 bits per heavy atom. The van der Waals surface area contributed by atoms with Gasteiger partial charge in [-0.3, -0.25) is 0 Å². The lowest BCUT2D eigenvalue weighted by molar-refractivity contribution is 0.279. The van der Waals surface area contributed by atoms with Crippen LogP contribution in [0.4, 0.5) is 26.3 Å². The Morgan fingerprint density at radius 3 is 1.55 bits per heavy atom. The van der Waals surface area contributed by atoms with Gasteiger partial charge in [-0.15, -0.1) is 0 Å². The molecule has 0 atom stereocenters. The lowest BCUT2D eigenvalue weighted by atomic mass is 9.96. The molecule has 4 rings (SSSR count). The average Bonchev–Trinajstić information content (AvgIpc) is 2.89. The molecule has 7 heteroatoms. The number of allylic oxidation sites excluding steroid dienone is 1. The van der Waals surface area contributed by atoms with E-state index in [2.05, 4.69) is 0 Å². The fraction of sp³-hybridized carbons (Fsp3) is 0.161. The van der Waals surface area contributed by atoms with Crippen LogP contribution in [0.1, 0.15) is 32.3 Å². The van der Waals surface area contributed by atoms with Crippen LogP contribution >= 0.6 is 0 Å². The third kappa shape index (κ3) is 5.77. The van der Waals surface area contributed by atoms with Crippen molar-refractivity contribution >= 4 is 5.83 Å². The summed E-state index contributed by atoms with van der Waals surface area (Å²) in [5.74, 6) is -6.44. The molecule has 0 amide bonds. The maximum Gasteiger partial charge on any atom is 0.190 e. The number of unbranched alkanes of at least 4 members (excludes halogenated alkanes) is 1. The molecule has 0 fully saturated rings. The Hall–Kier alpha value is -4.00. The first kappa shape index (κ1) is 27.0. The van der Waals surface area contributed by atoms with Crippen molar-refractivity contribution in [2.24, 2.45) is 0 Å². The fourth-order valence-corrected chi connectivity index (χ4v) is 4.04. The molecule has 4 aromatic rings. The maximum absolute atomic E-state index is 15.0. The molecule has 0 saturated carbocycles. The zero-order chi connectivity index (χ0) is 27.4. The smallest absolute Gasteiger partial charge is 0.190 e. The van der Waals surface area contributed by atoms with Crippen LogP contribution in [0.2, 0.25) is 0 Å². The molecule has 0 bridgehead atoms. The van der Waals surface area contributed by atoms with Crippen molar-refractivity contribution in [3.05, 3.63) is 107 Å². The van der Waals surface area contributed by atoms with E-state index in [0.29, 0.717) is 12.0 Å². The van der Waals surface area contributed by atoms with Gasteiger partial charge in [0.05, 0.1) is 12.2 Å². The molecule has 0 N–H and O–H groups in total. The summed E-state index contributed by atoms with van der Waals surface area (Å²) < 4.78 is 90.9. The standard InChI is InChI=1S/C31H24F6O/c1-3-4-13-38-31-27(35)16-24(17-28(31)36)29-25(33)14-23(15-26(29)34)21-7-5-19(6-8-21)20-9-11-22(12-10-20)30(37)18(2)32/h5-12,14-17H,3-4,13H2,1-2H3. The quantitative estimate of drug-likeness (QED) is 0.164. The molecule has 0 aromatic heterocycles. The predicted molar refractivity (Wildman–Crippen MR) is 138 cm³/mol. The van der Waals surface area contributed by atoms with Crippen molar-refractivity contribution in [3.8, 4) is 39.1 Å². The third-order valence-corrected chi connectivity index (χ3v) is 6.07. The van der Waals surface area contributed by atoms with Gasteiger partial charge in [0, 0.05) is 5.56 Å². The molecule has 196 valence electrons. The number of halogens is 6. The van der Waals surface area contributed by atoms with Crippen LogP contribution in [-0.2, 0) is 0 Å². The lowest BCUT2D eigenvalue weighted by Crippen LogP contribution is -2.02. The Bertz CT molecular complexity index is 1420. The summed E-state index contributed by atoms with van der Waals surface area (Å²) in [6.07, 6.45) is 1.39. The van der Waals surface area contributed by atoms with Crippen LogP contribution in [-0.4, -0.2) is 6.61 Å². The van der Waals surface area contributed by atoms with Crippen molar-refractivity contribution in [3.63, 3.8) is 0 Å². The first-order chi connectivity index (χ1) is 18.2. The summed E-state index contributed by atoms with van der Waals surface area (Å²) in [7, 11) is 0. The number of ether oxygens (including phenoxy) is 1. The minimum Gasteiger partial charge on any atom is -0.488 e. The van der Waals surface area contributed by atoms with E-state index in [1.54, 1.807) is 36.4 Å². The fourth-order valence-electron chi connectivity index (χ4n) is 4.04. The lowest BCUT2D eigenvalue weighted by Gasteiger charge is -2.12. The largest absolute Gasteiger partial charge is 0.488 e. The van der Waals surface area contributed by atoms with E-state index in [1.165, 1.54) is 12.1 Å². The molecule has 4 aromatic carbocycles. The SMILES string of the molecule is CCCCOc1c(F)cc(-c2c(F)cc(-c3ccc(-c4ccc(C(F)=C(C)F)cc4)cc3)cc2F)cc1F. The van der Waals surface area contributed by atoms with Crippen LogP contribution in [0, 0.1) is 23.3 Å². The van der Waals surface area contributed by atoms with E-state index in [-0.39, 0.29) is 23.3 Å². The predicted octanol–water partition coefficient (Wildman–Crippen LogP) is 10.1. The number of benzene rings is 4. The second-order valence-corrected chi connectivity index (χ2v) is 8.79. The van der Waals surface area contributed by atoms with Gasteiger partial charge in [-0.1, -0.05) is 61.9 Å². The van der Waals surface area contributed by atoms with Crippen LogP contribution < -0.4 is 4.74 Å². The molecule has 0 aliphatic rings. The van der Waals surface area contributed by atoms with Crippen molar-refractivity contribution < 1.29 is 31.1 Å². The van der Waals surface area contributed by atoms with Crippen LogP contribution in [0.25, 0.3) is 39.2 Å². The van der Waals surface area contributed by atoms with Crippen LogP contribution in [0.3, 0.4) is 0 Å². The Labute approximate surface area is 217 Å². The van der Waals surface area contributed by atoms with Gasteiger partial charge < -0.3 is 4.74 Å². The van der Waals surface area contributed by atoms with Crippen molar-refractivity contribution in [2.45, 2.75) is 26.7 Å². The van der Waals surface area contributed by atoms with Crippen molar-refractivity contribution in [2.75, 3.05) is 6.61 Å². The minimum absolute atomic E-state index is 0.120. The Kier molecular flexibility index (Phi) is 8.25. The molecule has 1 nitrogen and oxygen atoms in total. The molecular formula is C31H24F6O. The van der Waals surface area contributed by atoms with Gasteiger partial charge in [0.2, 0.25) is 0 Å². The molecule has 0 spiro atoms. The number of hydrogen-bond acceptors (Lipinski definition) is 1. The Balaban J connectivity index is 1.59. The summed E-state index contributed by atoms with van der Waals surface area (Å²) in [4.78, 5) is 0. The second-order valence-electron chi connectivity index (χ2n) is 8.79. The van der Waals surface area contributed by atoms with Gasteiger partial charge in [-0.05, 0) is 65.4 Å². The van der Waals surface area contributed by atoms with Gasteiger partial charge >= 0.3 is 0 Å². The Morgan fingerprint density at radius 2 is 1.08 bits per heavy atom. The number of hydrogen-bond donors (Lipinski definition) is 0. The molecule has 0 heterocycles. The van der Waals surface area contributed by atoms with E-state index in [4.69, 9.17) is 4.74 Å². The van der Waals surface area contributed by atoms with Gasteiger partial charge in [0.25, 0.3) is 0 Å². The van der Waals surface area contributed by atoms with Crippen molar-refractivity contribution in [1.82, 2.24) is 0 Å². The molecule has 0 aliphatic heterocycles. The highest BCUT2D eigenvalue weighted by Crippen LogP contribution is 2.35. The summed E-state index contributed by atoms with van der Waals surface area (Å²) in [6, 6.07) is 16.8. The highest BCUT2D eigenvalue weighted by Gasteiger charge is 2.19. The highest BCUT2D eigenvalue weighted by atomic mass is 19.2. The molecular weight excluding hydrogens is 502 g/mol. The molecule has 0 unspecified atom stereocenters. The van der Waals surface area contributed by atoms with Crippen LogP contribution in [0.15, 0.2) is 78.6 Å². The molecule has 0 radical (unpaired) electrons. The van der Waals surface area contributed by atoms with E-state index < -0.39 is 46.2 Å². The summed E-state index contributed by atoms with van der Waals surface area (Å²) in [5.41, 5.74) is 1.53. The van der Waals surface area contributed by atoms with E-state index in [9.17, 15) is 17.6 Å². The zero-order valence-corrected chi connectivity index (χ0v) is 20.7. The van der Waals surface area contributed by atoms with Gasteiger partial charge in [0.1, 0.15) is 17.5 Å². The molecule has 0 saturated heterocycles. The van der Waals surface area contributed by atoms with Crippen molar-refractivity contribution in [1.29, 1.82) is 0 Å². The molecule has 38 heavy (non-hydrogen) atoms. The van der Waals surface area contributed by atoms with Crippen LogP contribution in [0.5, 0.6) is 5.75 Å². The first-order valence-corrected chi connectivity index (χ1v) is 12.0. The van der Waals surface area contributed by atoms with E-state index in [0.717, 1.165) is 48.7 Å². The maximum atomic E-state index is 15.0. The summed E-state index contributed by atoms with van der Waals surface area (Å²) in [6.45, 7) is 3.07. The second kappa shape index (κ2) is 11.6. The van der Waals surface area contributed by atoms with Gasteiger partial charge in [0.15, 0.2) is 23.2 Å². The number of rotatable bonds is 8. The zero-order valence-electron chi connectivity index (χ0n) is 20.7. The summed E-state index contributed by atoms with van der Waals surface area (Å²) >= 11 is 0. The minimum atomic E-state index is -1.04. The van der Waals surface area contributed by atoms with Gasteiger partial charge in [-0.25, -0.2) is 26.3 Å². The average molecular weight is 527 g/mol. The van der Waals surface area contributed by atoms with E-state index in [1.807, 2.05) is 6.92 Å². The normalized spacial score (nSPS) is 11.9. The summed E-state index contributed by atoms with van der Waals surface area (Å²) in [5, 5.41) is 0. The molecule has 0 aliphatic carbocycles. The van der Waals surface area contributed by atoms with E-state index >= 15 is 8.78 Å². The van der Waals surface area contributed by atoms with Gasteiger partial charge in [-0.2, -0.15) is 0 Å². The first-order valence-electron chi connectivity index (χ1n) is 12.0. The highest BCUT2D eigenvalue weighted by molar-refractivity contribution is 5.75.